The summed E-state index contributed by atoms with van der Waals surface area (Å²) in [5.41, 5.74) is 0. The highest BCUT2D eigenvalue weighted by molar-refractivity contribution is 5.73. The second-order valence-electron chi connectivity index (χ2n) is 0.391. The Morgan fingerprint density at radius 2 is 2.60 bits per heavy atom. The maximum Gasteiger partial charge on any atom is -0.0912 e. The lowest BCUT2D eigenvalue weighted by atomic mass is 10.7. The molecule has 5 heavy (non-hydrogen) atoms. The van der Waals surface area contributed by atoms with Crippen molar-refractivity contribution < 1.29 is 4.79 Å². The third-order valence-corrected chi connectivity index (χ3v) is 0.131. The van der Waals surface area contributed by atoms with Crippen LogP contribution in [-0.2, 0) is 4.79 Å². The molecule has 0 spiro atoms. The fourth-order valence-corrected chi connectivity index (χ4v) is 0.0295. The first-order valence-corrected chi connectivity index (χ1v) is 1.03. The smallest absolute Gasteiger partial charge is 0.0912 e. The Bertz CT molecular complexity index is 71.0. The molecule has 0 aromatic rings. The van der Waals surface area contributed by atoms with Crippen molar-refractivity contribution >= 4 is 12.2 Å². The van der Waals surface area contributed by atoms with E-state index in [4.69, 9.17) is 10.2 Å². The van der Waals surface area contributed by atoms with Crippen molar-refractivity contribution in [3.63, 3.8) is 0 Å². The summed E-state index contributed by atoms with van der Waals surface area (Å²) < 4.78 is 0. The standard InChI is InChI=1S/C3H2NO/c4-2-1-3-5/h2,4H/q-1. The van der Waals surface area contributed by atoms with Crippen molar-refractivity contribution in [2.45, 2.75) is 0 Å². The lowest BCUT2D eigenvalue weighted by Crippen LogP contribution is -1.53. The molecule has 0 unspecified atom stereocenters. The predicted molar refractivity (Wildman–Crippen MR) is 17.7 cm³/mol. The molecule has 0 aromatic carbocycles. The van der Waals surface area contributed by atoms with Crippen LogP contribution in [-0.4, -0.2) is 12.2 Å². The third kappa shape index (κ3) is 3.12. The molecule has 0 heterocycles. The Kier molecular flexibility index (Phi) is 2.57. The van der Waals surface area contributed by atoms with Gasteiger partial charge < -0.3 is 11.5 Å². The number of rotatable bonds is 1. The molecule has 26 valence electrons. The maximum absolute atomic E-state index is 9.02. The molecule has 0 aromatic heterocycles. The molecule has 0 radical (unpaired) electrons. The molecular weight excluding hydrogens is 66.0 g/mol. The second-order valence-corrected chi connectivity index (χ2v) is 0.391. The van der Waals surface area contributed by atoms with Crippen LogP contribution in [0.1, 0.15) is 0 Å². The average molecular weight is 68.1 g/mol. The Morgan fingerprint density at radius 3 is 2.60 bits per heavy atom. The average Bonchev–Trinajstić information content (AvgIpc) is 1.41. The van der Waals surface area contributed by atoms with Gasteiger partial charge in [-0.25, -0.2) is 0 Å². The van der Waals surface area contributed by atoms with Crippen molar-refractivity contribution in [3.8, 4) is 0 Å². The zero-order chi connectivity index (χ0) is 4.12. The summed E-state index contributed by atoms with van der Waals surface area (Å²) in [4.78, 5) is 9.02. The van der Waals surface area contributed by atoms with E-state index in [-0.39, 0.29) is 0 Å². The molecule has 0 fully saturated rings. The molecule has 0 aliphatic carbocycles. The van der Waals surface area contributed by atoms with Crippen LogP contribution in [0.4, 0.5) is 0 Å². The van der Waals surface area contributed by atoms with Crippen LogP contribution in [0.25, 0.3) is 0 Å². The monoisotopic (exact) mass is 68.0 g/mol. The Hall–Kier alpha value is -0.880. The highest BCUT2D eigenvalue weighted by Gasteiger charge is 1.18. The molecule has 0 aliphatic heterocycles. The van der Waals surface area contributed by atoms with Crippen molar-refractivity contribution in [3.05, 3.63) is 6.08 Å². The fourth-order valence-electron chi connectivity index (χ4n) is 0.0295. The number of hydrogen-bond donors (Lipinski definition) is 1. The first-order chi connectivity index (χ1) is 2.41. The lowest BCUT2D eigenvalue weighted by Gasteiger charge is -1.66. The lowest BCUT2D eigenvalue weighted by molar-refractivity contribution is 0.568. The van der Waals surface area contributed by atoms with Crippen molar-refractivity contribution in [2.24, 2.45) is 0 Å². The predicted octanol–water partition coefficient (Wildman–Crippen LogP) is -0.173. The van der Waals surface area contributed by atoms with E-state index < -0.39 is 0 Å². The van der Waals surface area contributed by atoms with Gasteiger partial charge in [0.2, 0.25) is 0 Å². The highest BCUT2D eigenvalue weighted by atomic mass is 16.1. The van der Waals surface area contributed by atoms with Crippen LogP contribution in [0.3, 0.4) is 0 Å². The zero-order valence-electron chi connectivity index (χ0n) is 2.49. The van der Waals surface area contributed by atoms with Gasteiger partial charge in [-0.05, 0) is 0 Å². The molecule has 0 atom stereocenters. The van der Waals surface area contributed by atoms with Gasteiger partial charge in [-0.1, -0.05) is 5.94 Å². The zero-order valence-corrected chi connectivity index (χ0v) is 2.49. The normalized spacial score (nSPS) is 4.80. The molecule has 0 saturated heterocycles. The summed E-state index contributed by atoms with van der Waals surface area (Å²) >= 11 is 0. The first-order valence-electron chi connectivity index (χ1n) is 1.03. The van der Waals surface area contributed by atoms with Crippen molar-refractivity contribution in [2.75, 3.05) is 0 Å². The van der Waals surface area contributed by atoms with Crippen molar-refractivity contribution in [1.82, 2.24) is 0 Å². The van der Waals surface area contributed by atoms with E-state index in [2.05, 4.69) is 0 Å². The van der Waals surface area contributed by atoms with Gasteiger partial charge in [-0.3, -0.25) is 4.79 Å². The largest absolute Gasteiger partial charge is 0.360 e. The van der Waals surface area contributed by atoms with E-state index >= 15 is 0 Å². The first kappa shape index (κ1) is 4.12. The quantitative estimate of drug-likeness (QED) is 0.258. The van der Waals surface area contributed by atoms with Crippen molar-refractivity contribution in [1.29, 1.82) is 5.41 Å². The van der Waals surface area contributed by atoms with E-state index in [0.29, 0.717) is 0 Å². The topological polar surface area (TPSA) is 40.9 Å². The van der Waals surface area contributed by atoms with Crippen LogP contribution in [0.5, 0.6) is 0 Å². The van der Waals surface area contributed by atoms with Crippen LogP contribution < -0.4 is 0 Å². The third-order valence-electron chi connectivity index (χ3n) is 0.131. The van der Waals surface area contributed by atoms with Gasteiger partial charge in [0.1, 0.15) is 0 Å². The minimum absolute atomic E-state index is 0.757. The fraction of sp³-hybridized carbons (Fsp3) is 0. The molecule has 0 rings (SSSR count). The molecule has 0 bridgehead atoms. The number of carbonyl (C=O) groups excluding carboxylic acids is 1. The van der Waals surface area contributed by atoms with Gasteiger partial charge in [0.25, 0.3) is 0 Å². The minimum Gasteiger partial charge on any atom is -0.360 e. The van der Waals surface area contributed by atoms with Gasteiger partial charge in [-0.15, -0.1) is 0 Å². The highest BCUT2D eigenvalue weighted by Crippen LogP contribution is 1.32. The van der Waals surface area contributed by atoms with Gasteiger partial charge in [0.15, 0.2) is 0 Å². The second kappa shape index (κ2) is 3.12. The number of hydrogen-bond acceptors (Lipinski definition) is 2. The molecular formula is C3H2NO-. The van der Waals surface area contributed by atoms with E-state index in [1.165, 1.54) is 5.94 Å². The van der Waals surface area contributed by atoms with E-state index in [1.807, 2.05) is 6.08 Å². The molecule has 2 nitrogen and oxygen atoms in total. The Labute approximate surface area is 29.6 Å². The Morgan fingerprint density at radius 1 is 2.00 bits per heavy atom. The van der Waals surface area contributed by atoms with Gasteiger partial charge in [0.05, 0.1) is 0 Å². The van der Waals surface area contributed by atoms with Gasteiger partial charge in [-0.2, -0.15) is 6.21 Å². The molecule has 0 saturated carbocycles. The minimum atomic E-state index is 0.757. The summed E-state index contributed by atoms with van der Waals surface area (Å²) in [5.74, 6) is 1.27. The summed E-state index contributed by atoms with van der Waals surface area (Å²) in [6, 6.07) is 0. The number of nitrogens with one attached hydrogen (secondary N) is 1. The molecule has 0 amide bonds. The van der Waals surface area contributed by atoms with Crippen LogP contribution in [0, 0.1) is 11.5 Å². The number of allylic oxidation sites excluding steroid dienone is 1. The van der Waals surface area contributed by atoms with Crippen LogP contribution >= 0.6 is 0 Å². The molecule has 0 aliphatic rings. The summed E-state index contributed by atoms with van der Waals surface area (Å²) in [5, 5.41) is 6.10. The SMILES string of the molecule is N=C[C-]=C=O. The van der Waals surface area contributed by atoms with Crippen LogP contribution in [0.15, 0.2) is 0 Å². The summed E-state index contributed by atoms with van der Waals surface area (Å²) in [7, 11) is 0. The van der Waals surface area contributed by atoms with E-state index in [0.717, 1.165) is 6.21 Å². The maximum atomic E-state index is 9.02. The van der Waals surface area contributed by atoms with E-state index in [1.54, 1.807) is 0 Å². The molecule has 1 N–H and O–H groups in total. The van der Waals surface area contributed by atoms with Gasteiger partial charge >= 0.3 is 0 Å². The van der Waals surface area contributed by atoms with Crippen LogP contribution in [0.2, 0.25) is 0 Å². The van der Waals surface area contributed by atoms with E-state index in [9.17, 15) is 0 Å². The molecule has 2 heteroatoms. The summed E-state index contributed by atoms with van der Waals surface area (Å²) in [6.45, 7) is 0. The Balaban J connectivity index is 3.31. The summed E-state index contributed by atoms with van der Waals surface area (Å²) in [6.07, 6.45) is 2.60. The van der Waals surface area contributed by atoms with Gasteiger partial charge in [0, 0.05) is 0 Å².